The Morgan fingerprint density at radius 1 is 1.47 bits per heavy atom. The van der Waals surface area contributed by atoms with Gasteiger partial charge in [-0.05, 0) is 12.8 Å². The van der Waals surface area contributed by atoms with Gasteiger partial charge in [-0.1, -0.05) is 0 Å². The van der Waals surface area contributed by atoms with Crippen LogP contribution in [0.3, 0.4) is 0 Å². The standard InChI is InChI=1S/C11H22FN5/c1-15-10(7-13)11(16-2)17-5-3-8(12)9(14)4-6-17/h7-9,15H,3-6,13-14H2,1-2H3/b10-7+,16-11?. The largest absolute Gasteiger partial charge is 0.403 e. The molecule has 0 aliphatic carbocycles. The van der Waals surface area contributed by atoms with E-state index < -0.39 is 6.17 Å². The van der Waals surface area contributed by atoms with Crippen molar-refractivity contribution in [1.29, 1.82) is 0 Å². The predicted octanol–water partition coefficient (Wildman–Crippen LogP) is -0.205. The molecule has 0 aromatic heterocycles. The summed E-state index contributed by atoms with van der Waals surface area (Å²) >= 11 is 0. The number of nitrogens with two attached hydrogens (primary N) is 2. The molecule has 6 heteroatoms. The maximum atomic E-state index is 13.5. The molecule has 0 amide bonds. The topological polar surface area (TPSA) is 79.7 Å². The van der Waals surface area contributed by atoms with E-state index >= 15 is 0 Å². The molecule has 0 radical (unpaired) electrons. The molecule has 0 aromatic carbocycles. The third kappa shape index (κ3) is 3.33. The zero-order valence-corrected chi connectivity index (χ0v) is 10.5. The second-order valence-corrected chi connectivity index (χ2v) is 4.12. The Balaban J connectivity index is 2.77. The Kier molecular flexibility index (Phi) is 5.21. The van der Waals surface area contributed by atoms with Crippen LogP contribution in [0.15, 0.2) is 16.9 Å². The van der Waals surface area contributed by atoms with Gasteiger partial charge in [0.25, 0.3) is 0 Å². The highest BCUT2D eigenvalue weighted by atomic mass is 19.1. The zero-order valence-electron chi connectivity index (χ0n) is 10.5. The van der Waals surface area contributed by atoms with Crippen LogP contribution in [-0.2, 0) is 0 Å². The van der Waals surface area contributed by atoms with E-state index in [0.717, 1.165) is 11.5 Å². The van der Waals surface area contributed by atoms with Gasteiger partial charge >= 0.3 is 0 Å². The number of nitrogens with zero attached hydrogens (tertiary/aromatic N) is 2. The molecule has 2 atom stereocenters. The van der Waals surface area contributed by atoms with Crippen molar-refractivity contribution in [3.63, 3.8) is 0 Å². The Morgan fingerprint density at radius 2 is 2.12 bits per heavy atom. The first-order chi connectivity index (χ1) is 8.13. The van der Waals surface area contributed by atoms with E-state index in [1.807, 2.05) is 4.90 Å². The summed E-state index contributed by atoms with van der Waals surface area (Å²) < 4.78 is 13.5. The molecule has 2 unspecified atom stereocenters. The van der Waals surface area contributed by atoms with Crippen LogP contribution in [0.5, 0.6) is 0 Å². The fraction of sp³-hybridized carbons (Fsp3) is 0.727. The summed E-state index contributed by atoms with van der Waals surface area (Å²) in [4.78, 5) is 6.24. The average molecular weight is 243 g/mol. The number of halogens is 1. The molecule has 1 saturated heterocycles. The lowest BCUT2D eigenvalue weighted by Gasteiger charge is -2.25. The van der Waals surface area contributed by atoms with Crippen LogP contribution in [0.4, 0.5) is 4.39 Å². The molecule has 0 spiro atoms. The lowest BCUT2D eigenvalue weighted by atomic mass is 10.1. The minimum Gasteiger partial charge on any atom is -0.403 e. The molecule has 98 valence electrons. The van der Waals surface area contributed by atoms with Crippen LogP contribution in [0.25, 0.3) is 0 Å². The molecule has 1 aliphatic heterocycles. The van der Waals surface area contributed by atoms with Crippen LogP contribution in [0.1, 0.15) is 12.8 Å². The Bertz CT molecular complexity index is 290. The number of amidine groups is 1. The summed E-state index contributed by atoms with van der Waals surface area (Å²) in [5.41, 5.74) is 12.0. The first-order valence-corrected chi connectivity index (χ1v) is 5.85. The van der Waals surface area contributed by atoms with Gasteiger partial charge in [-0.3, -0.25) is 4.99 Å². The van der Waals surface area contributed by atoms with Crippen molar-refractivity contribution in [2.24, 2.45) is 16.5 Å². The second-order valence-electron chi connectivity index (χ2n) is 4.12. The minimum absolute atomic E-state index is 0.377. The summed E-state index contributed by atoms with van der Waals surface area (Å²) in [6.45, 7) is 1.31. The van der Waals surface area contributed by atoms with Crippen molar-refractivity contribution in [3.05, 3.63) is 11.9 Å². The molecule has 0 aromatic rings. The van der Waals surface area contributed by atoms with Gasteiger partial charge in [0.15, 0.2) is 0 Å². The molecule has 1 aliphatic rings. The summed E-state index contributed by atoms with van der Waals surface area (Å²) in [5, 5.41) is 2.98. The molecule has 1 fully saturated rings. The molecule has 5 N–H and O–H groups in total. The number of hydrogen-bond donors (Lipinski definition) is 3. The first kappa shape index (κ1) is 13.8. The highest BCUT2D eigenvalue weighted by Gasteiger charge is 2.25. The highest BCUT2D eigenvalue weighted by Crippen LogP contribution is 2.15. The summed E-state index contributed by atoms with van der Waals surface area (Å²) in [7, 11) is 3.49. The number of nitrogens with one attached hydrogen (secondary N) is 1. The Morgan fingerprint density at radius 3 is 2.65 bits per heavy atom. The third-order valence-corrected chi connectivity index (χ3v) is 3.06. The van der Waals surface area contributed by atoms with Crippen molar-refractivity contribution < 1.29 is 4.39 Å². The van der Waals surface area contributed by atoms with Crippen molar-refractivity contribution >= 4 is 5.84 Å². The van der Waals surface area contributed by atoms with Gasteiger partial charge in [0.05, 0.1) is 5.70 Å². The Labute approximate surface area is 102 Å². The number of rotatable bonds is 2. The van der Waals surface area contributed by atoms with E-state index in [4.69, 9.17) is 11.5 Å². The first-order valence-electron chi connectivity index (χ1n) is 5.85. The smallest absolute Gasteiger partial charge is 0.148 e. The van der Waals surface area contributed by atoms with Gasteiger partial charge in [0.2, 0.25) is 0 Å². The predicted molar refractivity (Wildman–Crippen MR) is 68.4 cm³/mol. The number of aliphatic imine (C=N–C) groups is 1. The number of likely N-dealkylation sites (N-methyl/N-ethyl adjacent to an activating group) is 1. The lowest BCUT2D eigenvalue weighted by Crippen LogP contribution is -2.37. The average Bonchev–Trinajstić information content (AvgIpc) is 2.50. The highest BCUT2D eigenvalue weighted by molar-refractivity contribution is 5.97. The van der Waals surface area contributed by atoms with Crippen molar-refractivity contribution in [2.45, 2.75) is 25.1 Å². The van der Waals surface area contributed by atoms with Crippen LogP contribution in [0, 0.1) is 0 Å². The molecule has 1 rings (SSSR count). The van der Waals surface area contributed by atoms with Crippen LogP contribution < -0.4 is 16.8 Å². The maximum absolute atomic E-state index is 13.5. The van der Waals surface area contributed by atoms with Gasteiger partial charge < -0.3 is 21.7 Å². The summed E-state index contributed by atoms with van der Waals surface area (Å²) in [6.07, 6.45) is 1.60. The third-order valence-electron chi connectivity index (χ3n) is 3.06. The van der Waals surface area contributed by atoms with Gasteiger partial charge in [0.1, 0.15) is 12.0 Å². The van der Waals surface area contributed by atoms with E-state index in [-0.39, 0.29) is 6.04 Å². The monoisotopic (exact) mass is 243 g/mol. The number of hydrogen-bond acceptors (Lipinski definition) is 4. The van der Waals surface area contributed by atoms with E-state index in [1.165, 1.54) is 6.20 Å². The fourth-order valence-corrected chi connectivity index (χ4v) is 2.00. The van der Waals surface area contributed by atoms with Crippen LogP contribution in [0.2, 0.25) is 0 Å². The minimum atomic E-state index is -0.932. The summed E-state index contributed by atoms with van der Waals surface area (Å²) in [5.74, 6) is 0.760. The fourth-order valence-electron chi connectivity index (χ4n) is 2.00. The van der Waals surface area contributed by atoms with Crippen LogP contribution in [-0.4, -0.2) is 50.1 Å². The molecule has 0 bridgehead atoms. The maximum Gasteiger partial charge on any atom is 0.148 e. The van der Waals surface area contributed by atoms with Crippen molar-refractivity contribution in [3.8, 4) is 0 Å². The van der Waals surface area contributed by atoms with Gasteiger partial charge in [-0.2, -0.15) is 0 Å². The molecule has 5 nitrogen and oxygen atoms in total. The quantitative estimate of drug-likeness (QED) is 0.463. The van der Waals surface area contributed by atoms with Crippen molar-refractivity contribution in [1.82, 2.24) is 10.2 Å². The van der Waals surface area contributed by atoms with E-state index in [2.05, 4.69) is 10.3 Å². The van der Waals surface area contributed by atoms with Gasteiger partial charge in [-0.15, -0.1) is 0 Å². The van der Waals surface area contributed by atoms with Gasteiger partial charge in [-0.25, -0.2) is 4.39 Å². The zero-order chi connectivity index (χ0) is 12.8. The van der Waals surface area contributed by atoms with E-state index in [9.17, 15) is 4.39 Å². The molecule has 1 heterocycles. The SMILES string of the molecule is CN=C(/C(=C\N)NC)N1CCC(N)C(F)CC1. The van der Waals surface area contributed by atoms with E-state index in [0.29, 0.717) is 25.9 Å². The Hall–Kier alpha value is -1.30. The molecule has 17 heavy (non-hydrogen) atoms. The van der Waals surface area contributed by atoms with Gasteiger partial charge in [0, 0.05) is 39.4 Å². The lowest BCUT2D eigenvalue weighted by molar-refractivity contribution is 0.271. The molecule has 0 saturated carbocycles. The number of likely N-dealkylation sites (tertiary alicyclic amines) is 1. The second kappa shape index (κ2) is 6.44. The normalized spacial score (nSPS) is 27.9. The van der Waals surface area contributed by atoms with Crippen molar-refractivity contribution in [2.75, 3.05) is 27.2 Å². The molecular formula is C11H22FN5. The summed E-state index contributed by atoms with van der Waals surface area (Å²) in [6, 6.07) is -0.377. The van der Waals surface area contributed by atoms with E-state index in [1.54, 1.807) is 14.1 Å². The molecular weight excluding hydrogens is 221 g/mol. The van der Waals surface area contributed by atoms with Crippen LogP contribution >= 0.6 is 0 Å². The number of alkyl halides is 1.